The van der Waals surface area contributed by atoms with E-state index in [-0.39, 0.29) is 12.0 Å². The smallest absolute Gasteiger partial charge is 0.248 e. The molecule has 0 aromatic heterocycles. The Morgan fingerprint density at radius 2 is 1.88 bits per heavy atom. The van der Waals surface area contributed by atoms with Gasteiger partial charge in [-0.1, -0.05) is 31.4 Å². The maximum Gasteiger partial charge on any atom is 0.248 e. The highest BCUT2D eigenvalue weighted by Crippen LogP contribution is 2.38. The monoisotopic (exact) mass is 360 g/mol. The van der Waals surface area contributed by atoms with Crippen molar-refractivity contribution in [2.24, 2.45) is 16.1 Å². The molecule has 1 amide bonds. The second kappa shape index (κ2) is 10.2. The van der Waals surface area contributed by atoms with Crippen LogP contribution in [0.1, 0.15) is 61.4 Å². The number of rotatable bonds is 8. The molecule has 0 heterocycles. The van der Waals surface area contributed by atoms with Crippen LogP contribution < -0.4 is 16.4 Å². The molecule has 2 rings (SSSR count). The van der Waals surface area contributed by atoms with Crippen LogP contribution in [0.3, 0.4) is 0 Å². The average Bonchev–Trinajstić information content (AvgIpc) is 2.65. The lowest BCUT2D eigenvalue weighted by atomic mass is 9.72. The lowest BCUT2D eigenvalue weighted by molar-refractivity contribution is 0.1000. The fourth-order valence-electron chi connectivity index (χ4n) is 3.61. The number of nitrogens with one attached hydrogen (secondary N) is 2. The van der Waals surface area contributed by atoms with Gasteiger partial charge in [-0.2, -0.15) is 0 Å². The van der Waals surface area contributed by atoms with E-state index in [2.05, 4.69) is 15.6 Å². The van der Waals surface area contributed by atoms with Crippen LogP contribution in [0.25, 0.3) is 0 Å². The van der Waals surface area contributed by atoms with Crippen molar-refractivity contribution in [1.82, 2.24) is 10.6 Å². The van der Waals surface area contributed by atoms with Crippen LogP contribution in [0.5, 0.6) is 0 Å². The summed E-state index contributed by atoms with van der Waals surface area (Å²) in [5, 5.41) is 16.2. The van der Waals surface area contributed by atoms with Crippen LogP contribution in [0.15, 0.2) is 29.3 Å². The highest BCUT2D eigenvalue weighted by molar-refractivity contribution is 5.92. The van der Waals surface area contributed by atoms with Crippen LogP contribution in [0.2, 0.25) is 0 Å². The van der Waals surface area contributed by atoms with Gasteiger partial charge in [-0.25, -0.2) is 4.99 Å². The second-order valence-electron chi connectivity index (χ2n) is 7.14. The molecule has 1 aliphatic carbocycles. The van der Waals surface area contributed by atoms with Crippen LogP contribution in [-0.4, -0.2) is 36.7 Å². The Balaban J connectivity index is 1.97. The van der Waals surface area contributed by atoms with Gasteiger partial charge in [0, 0.05) is 25.3 Å². The molecular formula is C20H32N4O2. The number of hydrogen-bond acceptors (Lipinski definition) is 3. The zero-order valence-electron chi connectivity index (χ0n) is 15.8. The first kappa shape index (κ1) is 20.2. The minimum Gasteiger partial charge on any atom is -0.396 e. The van der Waals surface area contributed by atoms with Crippen molar-refractivity contribution < 1.29 is 9.90 Å². The van der Waals surface area contributed by atoms with E-state index in [4.69, 9.17) is 5.73 Å². The summed E-state index contributed by atoms with van der Waals surface area (Å²) in [5.41, 5.74) is 6.97. The quantitative estimate of drug-likeness (QED) is 0.422. The van der Waals surface area contributed by atoms with E-state index < -0.39 is 5.91 Å². The summed E-state index contributed by atoms with van der Waals surface area (Å²) < 4.78 is 0. The first-order valence-corrected chi connectivity index (χ1v) is 9.60. The Morgan fingerprint density at radius 3 is 2.46 bits per heavy atom. The lowest BCUT2D eigenvalue weighted by Gasteiger charge is -2.37. The number of hydrogen-bond donors (Lipinski definition) is 4. The molecule has 1 aromatic rings. The predicted molar refractivity (Wildman–Crippen MR) is 105 cm³/mol. The third-order valence-electron chi connectivity index (χ3n) is 5.19. The Bertz CT molecular complexity index is 587. The SMILES string of the molecule is CCNC(=NCc1ccc(C(N)=O)cc1)NCC1(CCO)CCCCC1. The van der Waals surface area contributed by atoms with E-state index >= 15 is 0 Å². The molecule has 0 atom stereocenters. The maximum atomic E-state index is 11.1. The highest BCUT2D eigenvalue weighted by atomic mass is 16.3. The standard InChI is InChI=1S/C20H32N4O2/c1-2-22-19(23-14-16-6-8-17(9-7-16)18(21)26)24-15-20(12-13-25)10-4-3-5-11-20/h6-9,25H,2-5,10-15H2,1H3,(H2,21,26)(H2,22,23,24). The van der Waals surface area contributed by atoms with Crippen molar-refractivity contribution in [2.45, 2.75) is 52.0 Å². The fraction of sp³-hybridized carbons (Fsp3) is 0.600. The molecule has 0 aliphatic heterocycles. The second-order valence-corrected chi connectivity index (χ2v) is 7.14. The number of amides is 1. The summed E-state index contributed by atoms with van der Waals surface area (Å²) in [4.78, 5) is 15.8. The molecule has 6 heteroatoms. The van der Waals surface area contributed by atoms with Gasteiger partial charge in [0.1, 0.15) is 0 Å². The van der Waals surface area contributed by atoms with Crippen LogP contribution in [0, 0.1) is 5.41 Å². The van der Waals surface area contributed by atoms with Crippen molar-refractivity contribution in [2.75, 3.05) is 19.7 Å². The van der Waals surface area contributed by atoms with Crippen molar-refractivity contribution >= 4 is 11.9 Å². The summed E-state index contributed by atoms with van der Waals surface area (Å²) in [6.45, 7) is 4.44. The molecule has 1 fully saturated rings. The molecule has 0 spiro atoms. The number of benzene rings is 1. The normalized spacial score (nSPS) is 16.9. The van der Waals surface area contributed by atoms with E-state index in [9.17, 15) is 9.90 Å². The number of carbonyl (C=O) groups is 1. The zero-order chi connectivity index (χ0) is 18.8. The molecule has 26 heavy (non-hydrogen) atoms. The van der Waals surface area contributed by atoms with E-state index in [1.807, 2.05) is 19.1 Å². The molecule has 1 saturated carbocycles. The van der Waals surface area contributed by atoms with Crippen molar-refractivity contribution in [3.05, 3.63) is 35.4 Å². The number of aliphatic imine (C=N–C) groups is 1. The van der Waals surface area contributed by atoms with E-state index in [1.165, 1.54) is 19.3 Å². The molecule has 6 nitrogen and oxygen atoms in total. The van der Waals surface area contributed by atoms with Gasteiger partial charge in [-0.05, 0) is 49.3 Å². The first-order chi connectivity index (χ1) is 12.6. The van der Waals surface area contributed by atoms with Gasteiger partial charge in [0.05, 0.1) is 6.54 Å². The largest absolute Gasteiger partial charge is 0.396 e. The number of primary amides is 1. The van der Waals surface area contributed by atoms with E-state index in [0.717, 1.165) is 43.9 Å². The Labute approximate surface area is 156 Å². The molecular weight excluding hydrogens is 328 g/mol. The number of aliphatic hydroxyl groups excluding tert-OH is 1. The van der Waals surface area contributed by atoms with Crippen molar-refractivity contribution in [1.29, 1.82) is 0 Å². The molecule has 1 aromatic carbocycles. The molecule has 0 radical (unpaired) electrons. The summed E-state index contributed by atoms with van der Waals surface area (Å²) >= 11 is 0. The van der Waals surface area contributed by atoms with Gasteiger partial charge in [0.25, 0.3) is 0 Å². The number of nitrogens with zero attached hydrogens (tertiary/aromatic N) is 1. The topological polar surface area (TPSA) is 99.7 Å². The summed E-state index contributed by atoms with van der Waals surface area (Å²) in [6.07, 6.45) is 6.93. The third-order valence-corrected chi connectivity index (χ3v) is 5.19. The maximum absolute atomic E-state index is 11.1. The van der Waals surface area contributed by atoms with Crippen LogP contribution in [0.4, 0.5) is 0 Å². The van der Waals surface area contributed by atoms with Crippen molar-refractivity contribution in [3.8, 4) is 0 Å². The molecule has 1 aliphatic rings. The average molecular weight is 361 g/mol. The van der Waals surface area contributed by atoms with Gasteiger partial charge in [-0.15, -0.1) is 0 Å². The lowest BCUT2D eigenvalue weighted by Crippen LogP contribution is -2.44. The molecule has 0 bridgehead atoms. The third kappa shape index (κ3) is 6.02. The summed E-state index contributed by atoms with van der Waals surface area (Å²) in [6, 6.07) is 7.21. The Kier molecular flexibility index (Phi) is 7.91. The Morgan fingerprint density at radius 1 is 1.19 bits per heavy atom. The van der Waals surface area contributed by atoms with Gasteiger partial charge < -0.3 is 21.5 Å². The number of aliphatic hydroxyl groups is 1. The minimum atomic E-state index is -0.420. The molecule has 144 valence electrons. The first-order valence-electron chi connectivity index (χ1n) is 9.60. The van der Waals surface area contributed by atoms with Crippen LogP contribution in [-0.2, 0) is 6.54 Å². The van der Waals surface area contributed by atoms with Gasteiger partial charge in [0.15, 0.2) is 5.96 Å². The number of nitrogens with two attached hydrogens (primary N) is 1. The molecule has 0 saturated heterocycles. The number of guanidine groups is 1. The van der Waals surface area contributed by atoms with Gasteiger partial charge >= 0.3 is 0 Å². The summed E-state index contributed by atoms with van der Waals surface area (Å²) in [7, 11) is 0. The van der Waals surface area contributed by atoms with Crippen molar-refractivity contribution in [3.63, 3.8) is 0 Å². The van der Waals surface area contributed by atoms with Crippen LogP contribution >= 0.6 is 0 Å². The fourth-order valence-corrected chi connectivity index (χ4v) is 3.61. The predicted octanol–water partition coefficient (Wildman–Crippen LogP) is 2.17. The minimum absolute atomic E-state index is 0.173. The summed E-state index contributed by atoms with van der Waals surface area (Å²) in [5.74, 6) is 0.367. The van der Waals surface area contributed by atoms with E-state index in [0.29, 0.717) is 12.1 Å². The Hall–Kier alpha value is -2.08. The zero-order valence-corrected chi connectivity index (χ0v) is 15.8. The highest BCUT2D eigenvalue weighted by Gasteiger charge is 2.31. The number of carbonyl (C=O) groups excluding carboxylic acids is 1. The van der Waals surface area contributed by atoms with E-state index in [1.54, 1.807) is 12.1 Å². The van der Waals surface area contributed by atoms with Gasteiger partial charge in [-0.3, -0.25) is 4.79 Å². The molecule has 5 N–H and O–H groups in total. The molecule has 0 unspecified atom stereocenters. The van der Waals surface area contributed by atoms with Gasteiger partial charge in [0.2, 0.25) is 5.91 Å².